The predicted octanol–water partition coefficient (Wildman–Crippen LogP) is 3.84. The van der Waals surface area contributed by atoms with Crippen molar-refractivity contribution in [1.82, 2.24) is 19.9 Å². The molecule has 11 nitrogen and oxygen atoms in total. The van der Waals surface area contributed by atoms with Gasteiger partial charge in [0.25, 0.3) is 0 Å². The molecule has 1 amide bonds. The van der Waals surface area contributed by atoms with E-state index in [4.69, 9.17) is 10.5 Å². The van der Waals surface area contributed by atoms with Crippen LogP contribution in [0.15, 0.2) is 41.6 Å². The maximum absolute atomic E-state index is 12.9. The van der Waals surface area contributed by atoms with Crippen molar-refractivity contribution in [3.05, 3.63) is 53.3 Å². The Morgan fingerprint density at radius 1 is 1.12 bits per heavy atom. The van der Waals surface area contributed by atoms with E-state index in [0.29, 0.717) is 30.6 Å². The third-order valence-corrected chi connectivity index (χ3v) is 9.96. The average Bonchev–Trinajstić information content (AvgIpc) is 3.34. The quantitative estimate of drug-likeness (QED) is 0.359. The minimum atomic E-state index is -3.52. The van der Waals surface area contributed by atoms with E-state index in [1.165, 1.54) is 17.5 Å². The minimum Gasteiger partial charge on any atom is -0.488 e. The van der Waals surface area contributed by atoms with E-state index in [2.05, 4.69) is 45.5 Å². The topological polar surface area (TPSA) is 152 Å². The Balaban J connectivity index is 1.40. The molecule has 3 aromatic rings. The molecule has 1 fully saturated rings. The van der Waals surface area contributed by atoms with Gasteiger partial charge in [-0.2, -0.15) is 4.98 Å². The van der Waals surface area contributed by atoms with E-state index in [9.17, 15) is 13.2 Å². The average molecular weight is 580 g/mol. The number of ether oxygens (including phenoxy) is 1. The molecular formula is C29H37N7O4S. The van der Waals surface area contributed by atoms with Crippen LogP contribution in [0.25, 0.3) is 0 Å². The molecule has 218 valence electrons. The van der Waals surface area contributed by atoms with Gasteiger partial charge in [0.05, 0.1) is 28.1 Å². The smallest absolute Gasteiger partial charge is 0.236 e. The molecule has 2 aliphatic rings. The summed E-state index contributed by atoms with van der Waals surface area (Å²) in [4.78, 5) is 27.1. The van der Waals surface area contributed by atoms with E-state index in [1.54, 1.807) is 38.1 Å². The zero-order chi connectivity index (χ0) is 29.3. The number of sulfone groups is 1. The molecule has 0 bridgehead atoms. The van der Waals surface area contributed by atoms with Crippen molar-refractivity contribution in [3.63, 3.8) is 0 Å². The van der Waals surface area contributed by atoms with Crippen molar-refractivity contribution >= 4 is 39.0 Å². The highest BCUT2D eigenvalue weighted by Gasteiger charge is 2.32. The monoisotopic (exact) mass is 579 g/mol. The molecular weight excluding hydrogens is 542 g/mol. The lowest BCUT2D eigenvalue weighted by molar-refractivity contribution is -0.130. The number of nitrogens with one attached hydrogen (secondary N) is 2. The molecule has 5 rings (SSSR count). The predicted molar refractivity (Wildman–Crippen MR) is 158 cm³/mol. The van der Waals surface area contributed by atoms with Crippen molar-refractivity contribution < 1.29 is 17.9 Å². The molecule has 0 aliphatic carbocycles. The highest BCUT2D eigenvalue weighted by atomic mass is 32.2. The van der Waals surface area contributed by atoms with Crippen molar-refractivity contribution in [1.29, 1.82) is 0 Å². The number of fused-ring (bicyclic) bond motifs is 1. The molecule has 1 aromatic heterocycles. The molecule has 1 saturated heterocycles. The Morgan fingerprint density at radius 3 is 2.44 bits per heavy atom. The number of rotatable bonds is 8. The van der Waals surface area contributed by atoms with Crippen molar-refractivity contribution in [2.24, 2.45) is 5.73 Å². The van der Waals surface area contributed by atoms with Gasteiger partial charge in [-0.15, -0.1) is 0 Å². The highest BCUT2D eigenvalue weighted by Crippen LogP contribution is 2.45. The van der Waals surface area contributed by atoms with Gasteiger partial charge in [-0.1, -0.05) is 12.1 Å². The largest absolute Gasteiger partial charge is 0.488 e. The number of nitrogens with two attached hydrogens (primary N) is 1. The van der Waals surface area contributed by atoms with Gasteiger partial charge in [-0.3, -0.25) is 4.79 Å². The summed E-state index contributed by atoms with van der Waals surface area (Å²) in [6, 6.07) is 8.77. The van der Waals surface area contributed by atoms with Crippen LogP contribution in [0.4, 0.5) is 23.3 Å². The molecule has 41 heavy (non-hydrogen) atoms. The van der Waals surface area contributed by atoms with Crippen LogP contribution in [0, 0.1) is 6.92 Å². The summed E-state index contributed by atoms with van der Waals surface area (Å²) in [5.74, 6) is 1.65. The van der Waals surface area contributed by atoms with Crippen molar-refractivity contribution in [2.45, 2.75) is 69.1 Å². The second-order valence-corrected chi connectivity index (χ2v) is 13.4. The first-order valence-corrected chi connectivity index (χ1v) is 15.5. The molecule has 1 atom stereocenters. The lowest BCUT2D eigenvalue weighted by Crippen LogP contribution is -2.41. The fourth-order valence-electron chi connectivity index (χ4n) is 5.69. The van der Waals surface area contributed by atoms with Crippen molar-refractivity contribution in [2.75, 3.05) is 30.3 Å². The fourth-order valence-corrected chi connectivity index (χ4v) is 6.89. The molecule has 2 aromatic carbocycles. The third-order valence-electron chi connectivity index (χ3n) is 7.75. The van der Waals surface area contributed by atoms with Gasteiger partial charge in [-0.25, -0.2) is 18.4 Å². The number of para-hydroxylation sites is 1. The van der Waals surface area contributed by atoms with Crippen LogP contribution in [0.3, 0.4) is 0 Å². The number of hydrogen-bond donors (Lipinski definition) is 3. The van der Waals surface area contributed by atoms with Crippen LogP contribution >= 0.6 is 0 Å². The fraction of sp³-hybridized carbons (Fsp3) is 0.448. The molecule has 0 unspecified atom stereocenters. The lowest BCUT2D eigenvalue weighted by atomic mass is 9.82. The van der Waals surface area contributed by atoms with Gasteiger partial charge in [0.15, 0.2) is 9.84 Å². The van der Waals surface area contributed by atoms with Gasteiger partial charge in [0.2, 0.25) is 17.8 Å². The Bertz CT molecular complexity index is 1550. The van der Waals surface area contributed by atoms with E-state index in [-0.39, 0.29) is 29.4 Å². The maximum Gasteiger partial charge on any atom is 0.236 e. The normalized spacial score (nSPS) is 17.3. The minimum absolute atomic E-state index is 0.00171. The summed E-state index contributed by atoms with van der Waals surface area (Å²) in [7, 11) is -3.52. The summed E-state index contributed by atoms with van der Waals surface area (Å²) in [6.45, 7) is 8.91. The van der Waals surface area contributed by atoms with E-state index in [1.807, 2.05) is 4.90 Å². The first kappa shape index (κ1) is 28.7. The van der Waals surface area contributed by atoms with E-state index in [0.717, 1.165) is 36.3 Å². The number of benzene rings is 2. The highest BCUT2D eigenvalue weighted by molar-refractivity contribution is 7.92. The number of carbonyl (C=O) groups is 1. The Hall–Kier alpha value is -3.77. The van der Waals surface area contributed by atoms with Crippen LogP contribution in [-0.2, 0) is 21.1 Å². The number of amides is 1. The SMILES string of the molecule is Cc1cc(Nc2ncnc(Nc3ccccc3S(=O)(=O)C(C)C)n2)c2c(c1C1CCN(C(=O)CN)CC1)C[C@@H](C)O2. The first-order valence-electron chi connectivity index (χ1n) is 13.9. The summed E-state index contributed by atoms with van der Waals surface area (Å²) in [5, 5.41) is 5.78. The molecule has 0 spiro atoms. The van der Waals surface area contributed by atoms with E-state index < -0.39 is 15.1 Å². The van der Waals surface area contributed by atoms with Crippen LogP contribution in [0.1, 0.15) is 56.2 Å². The first-order chi connectivity index (χ1) is 19.6. The summed E-state index contributed by atoms with van der Waals surface area (Å²) in [6.07, 6.45) is 3.97. The number of nitrogens with zero attached hydrogens (tertiary/aromatic N) is 4. The molecule has 2 aliphatic heterocycles. The molecule has 12 heteroatoms. The number of hydrogen-bond acceptors (Lipinski definition) is 10. The molecule has 0 radical (unpaired) electrons. The summed E-state index contributed by atoms with van der Waals surface area (Å²) < 4.78 is 32.0. The van der Waals surface area contributed by atoms with Crippen LogP contribution in [-0.4, -0.2) is 65.2 Å². The molecule has 4 N–H and O–H groups in total. The van der Waals surface area contributed by atoms with E-state index >= 15 is 0 Å². The van der Waals surface area contributed by atoms with Crippen LogP contribution in [0.2, 0.25) is 0 Å². The standard InChI is InChI=1S/C29H37N7O4S/c1-17(2)41(38,39)24-8-6-5-7-22(24)33-28-31-16-32-29(35-28)34-23-13-18(3)26(21-14-19(4)40-27(21)23)20-9-11-36(12-10-20)25(37)15-30/h5-8,13,16-17,19-20H,9-12,14-15,30H2,1-4H3,(H2,31,32,33,34,35)/t19-/m1/s1. The second-order valence-electron chi connectivity index (χ2n) is 10.9. The second kappa shape index (κ2) is 11.6. The van der Waals surface area contributed by atoms with Gasteiger partial charge < -0.3 is 26.0 Å². The number of carbonyl (C=O) groups excluding carboxylic acids is 1. The van der Waals surface area contributed by atoms with Crippen LogP contribution < -0.4 is 21.1 Å². The Morgan fingerprint density at radius 2 is 1.78 bits per heavy atom. The van der Waals surface area contributed by atoms with Crippen molar-refractivity contribution in [3.8, 4) is 5.75 Å². The van der Waals surface area contributed by atoms with Gasteiger partial charge >= 0.3 is 0 Å². The number of anilines is 4. The number of likely N-dealkylation sites (tertiary alicyclic amines) is 1. The number of aryl methyl sites for hydroxylation is 1. The lowest BCUT2D eigenvalue weighted by Gasteiger charge is -2.33. The zero-order valence-corrected chi connectivity index (χ0v) is 24.7. The number of aromatic nitrogens is 3. The Labute approximate surface area is 240 Å². The Kier molecular flexibility index (Phi) is 8.14. The van der Waals surface area contributed by atoms with Gasteiger partial charge in [0, 0.05) is 25.1 Å². The van der Waals surface area contributed by atoms with Gasteiger partial charge in [0.1, 0.15) is 18.2 Å². The molecule has 0 saturated carbocycles. The van der Waals surface area contributed by atoms with Gasteiger partial charge in [-0.05, 0) is 75.8 Å². The number of piperidine rings is 1. The summed E-state index contributed by atoms with van der Waals surface area (Å²) in [5.41, 5.74) is 10.4. The van der Waals surface area contributed by atoms with Crippen LogP contribution in [0.5, 0.6) is 5.75 Å². The third kappa shape index (κ3) is 5.84. The zero-order valence-electron chi connectivity index (χ0n) is 23.8. The molecule has 3 heterocycles. The maximum atomic E-state index is 12.9. The summed E-state index contributed by atoms with van der Waals surface area (Å²) >= 11 is 0.